The van der Waals surface area contributed by atoms with Gasteiger partial charge in [0.15, 0.2) is 0 Å². The summed E-state index contributed by atoms with van der Waals surface area (Å²) in [5.74, 6) is 0.0216. The van der Waals surface area contributed by atoms with Gasteiger partial charge in [-0.1, -0.05) is 47.6 Å². The molecule has 0 aliphatic carbocycles. The predicted molar refractivity (Wildman–Crippen MR) is 78.0 cm³/mol. The first-order chi connectivity index (χ1) is 8.53. The number of hydrogen-bond donors (Lipinski definition) is 1. The smallest absolute Gasteiger partial charge is 0.206 e. The Balaban J connectivity index is 2.85. The van der Waals surface area contributed by atoms with Crippen molar-refractivity contribution in [2.75, 3.05) is 0 Å². The van der Waals surface area contributed by atoms with E-state index in [9.17, 15) is 9.90 Å². The number of fused-ring (bicyclic) bond motifs is 1. The van der Waals surface area contributed by atoms with Gasteiger partial charge in [0, 0.05) is 5.56 Å². The molecule has 1 aromatic rings. The van der Waals surface area contributed by atoms with Crippen LogP contribution >= 0.6 is 0 Å². The van der Waals surface area contributed by atoms with Crippen LogP contribution in [-0.4, -0.2) is 17.1 Å². The molecule has 102 valence electrons. The summed E-state index contributed by atoms with van der Waals surface area (Å²) >= 11 is 0. The highest BCUT2D eigenvalue weighted by atomic mass is 16.3. The topological polar surface area (TPSA) is 49.7 Å². The van der Waals surface area contributed by atoms with Crippen molar-refractivity contribution in [2.24, 2.45) is 4.99 Å². The maximum atomic E-state index is 12.0. The molecule has 2 rings (SSSR count). The quantitative estimate of drug-likeness (QED) is 0.768. The van der Waals surface area contributed by atoms with Gasteiger partial charge in [0.25, 0.3) is 0 Å². The van der Waals surface area contributed by atoms with Gasteiger partial charge in [-0.25, -0.2) is 4.99 Å². The first-order valence-corrected chi connectivity index (χ1v) is 6.53. The average molecular weight is 259 g/mol. The van der Waals surface area contributed by atoms with Crippen LogP contribution in [0.4, 0.5) is 5.69 Å². The first-order valence-electron chi connectivity index (χ1n) is 6.53. The van der Waals surface area contributed by atoms with Crippen LogP contribution in [0.1, 0.15) is 63.0 Å². The average Bonchev–Trinajstić information content (AvgIpc) is 2.58. The molecule has 1 aromatic carbocycles. The van der Waals surface area contributed by atoms with Gasteiger partial charge in [-0.3, -0.25) is 4.79 Å². The fraction of sp³-hybridized carbons (Fsp3) is 0.500. The highest BCUT2D eigenvalue weighted by Gasteiger charge is 2.33. The minimum atomic E-state index is -0.194. The molecule has 0 saturated carbocycles. The van der Waals surface area contributed by atoms with Crippen molar-refractivity contribution in [2.45, 2.75) is 52.4 Å². The van der Waals surface area contributed by atoms with Gasteiger partial charge in [0.1, 0.15) is 11.4 Å². The van der Waals surface area contributed by atoms with E-state index in [-0.39, 0.29) is 22.4 Å². The Labute approximate surface area is 114 Å². The normalized spacial score (nSPS) is 14.9. The second-order valence-corrected chi connectivity index (χ2v) is 7.17. The van der Waals surface area contributed by atoms with Crippen molar-refractivity contribution < 1.29 is 9.90 Å². The van der Waals surface area contributed by atoms with Gasteiger partial charge in [0.05, 0.1) is 11.8 Å². The number of carbonyl (C=O) groups is 1. The summed E-state index contributed by atoms with van der Waals surface area (Å²) in [6.07, 6.45) is 1.30. The first kappa shape index (κ1) is 13.8. The Morgan fingerprint density at radius 3 is 2.00 bits per heavy atom. The van der Waals surface area contributed by atoms with Crippen LogP contribution in [0.25, 0.3) is 0 Å². The molecule has 1 aliphatic heterocycles. The van der Waals surface area contributed by atoms with Crippen LogP contribution in [0.5, 0.6) is 5.75 Å². The van der Waals surface area contributed by atoms with Crippen molar-refractivity contribution in [3.63, 3.8) is 0 Å². The maximum absolute atomic E-state index is 12.0. The molecule has 1 heterocycles. The molecule has 1 aliphatic rings. The van der Waals surface area contributed by atoms with Crippen LogP contribution in [0.2, 0.25) is 0 Å². The molecule has 0 amide bonds. The number of benzene rings is 1. The molecule has 0 atom stereocenters. The van der Waals surface area contributed by atoms with Gasteiger partial charge >= 0.3 is 0 Å². The number of aliphatic imine (C=N–C) groups is 1. The number of aromatic hydroxyl groups is 1. The van der Waals surface area contributed by atoms with Gasteiger partial charge in [-0.15, -0.1) is 0 Å². The largest absolute Gasteiger partial charge is 0.505 e. The molecule has 0 spiro atoms. The van der Waals surface area contributed by atoms with E-state index in [4.69, 9.17) is 0 Å². The lowest BCUT2D eigenvalue weighted by Gasteiger charge is -2.28. The molecule has 1 N–H and O–H groups in total. The minimum absolute atomic E-state index is 0.115. The molecule has 0 aromatic heterocycles. The number of nitrogens with zero attached hydrogens (tertiary/aromatic N) is 1. The van der Waals surface area contributed by atoms with E-state index in [1.165, 1.54) is 6.21 Å². The third-order valence-corrected chi connectivity index (χ3v) is 3.45. The Hall–Kier alpha value is -1.64. The zero-order valence-corrected chi connectivity index (χ0v) is 12.5. The van der Waals surface area contributed by atoms with Gasteiger partial charge < -0.3 is 5.11 Å². The van der Waals surface area contributed by atoms with Crippen LogP contribution in [0.3, 0.4) is 0 Å². The van der Waals surface area contributed by atoms with Crippen molar-refractivity contribution in [1.82, 2.24) is 0 Å². The third kappa shape index (κ3) is 2.18. The summed E-state index contributed by atoms with van der Waals surface area (Å²) in [5, 5.41) is 10.4. The summed E-state index contributed by atoms with van der Waals surface area (Å²) < 4.78 is 0. The number of hydrogen-bond acceptors (Lipinski definition) is 3. The molecule has 0 fully saturated rings. The van der Waals surface area contributed by atoms with Crippen LogP contribution in [0, 0.1) is 0 Å². The summed E-state index contributed by atoms with van der Waals surface area (Å²) in [5.41, 5.74) is 2.41. The van der Waals surface area contributed by atoms with Gasteiger partial charge in [-0.2, -0.15) is 0 Å². The van der Waals surface area contributed by atoms with Crippen LogP contribution < -0.4 is 0 Å². The third-order valence-electron chi connectivity index (χ3n) is 3.45. The van der Waals surface area contributed by atoms with Crippen LogP contribution in [-0.2, 0) is 10.8 Å². The summed E-state index contributed by atoms with van der Waals surface area (Å²) in [6, 6.07) is 1.96. The predicted octanol–water partition coefficient (Wildman–Crippen LogP) is 3.89. The minimum Gasteiger partial charge on any atom is -0.505 e. The molecule has 0 unspecified atom stereocenters. The molecule has 19 heavy (non-hydrogen) atoms. The Bertz CT molecular complexity index is 584. The summed E-state index contributed by atoms with van der Waals surface area (Å²) in [4.78, 5) is 16.1. The molecule has 0 saturated heterocycles. The highest BCUT2D eigenvalue weighted by molar-refractivity contribution is 6.40. The lowest BCUT2D eigenvalue weighted by molar-refractivity contribution is 0.107. The van der Waals surface area contributed by atoms with Gasteiger partial charge in [-0.05, 0) is 16.4 Å². The fourth-order valence-corrected chi connectivity index (χ4v) is 2.38. The molecule has 3 heteroatoms. The number of rotatable bonds is 0. The molecule has 3 nitrogen and oxygen atoms in total. The van der Waals surface area contributed by atoms with E-state index in [1.54, 1.807) is 0 Å². The van der Waals surface area contributed by atoms with Gasteiger partial charge in [0.2, 0.25) is 5.78 Å². The van der Waals surface area contributed by atoms with E-state index >= 15 is 0 Å². The van der Waals surface area contributed by atoms with Crippen molar-refractivity contribution in [3.8, 4) is 5.75 Å². The number of carbonyl (C=O) groups excluding carboxylic acids is 1. The Morgan fingerprint density at radius 1 is 1.00 bits per heavy atom. The second-order valence-electron chi connectivity index (χ2n) is 7.17. The summed E-state index contributed by atoms with van der Waals surface area (Å²) in [7, 11) is 0. The monoisotopic (exact) mass is 259 g/mol. The SMILES string of the molecule is CC(C)(C)c1cc(C(C)(C)C)c2c(c1O)N=CC2=O. The zero-order chi connectivity index (χ0) is 14.6. The molecular formula is C16H21NO2. The lowest BCUT2D eigenvalue weighted by Crippen LogP contribution is -2.19. The Kier molecular flexibility index (Phi) is 2.85. The van der Waals surface area contributed by atoms with E-state index in [1.807, 2.05) is 26.8 Å². The van der Waals surface area contributed by atoms with E-state index in [0.29, 0.717) is 11.3 Å². The van der Waals surface area contributed by atoms with E-state index < -0.39 is 0 Å². The van der Waals surface area contributed by atoms with Crippen molar-refractivity contribution >= 4 is 17.7 Å². The standard InChI is InChI=1S/C16H21NO2/c1-15(2,3)9-7-10(16(4,5)6)14(19)13-12(9)11(18)8-17-13/h7-8,19H,1-6H3. The number of phenols is 1. The lowest BCUT2D eigenvalue weighted by atomic mass is 9.77. The fourth-order valence-electron chi connectivity index (χ4n) is 2.38. The molecule has 0 radical (unpaired) electrons. The Morgan fingerprint density at radius 2 is 1.53 bits per heavy atom. The molecule has 0 bridgehead atoms. The zero-order valence-electron chi connectivity index (χ0n) is 12.5. The van der Waals surface area contributed by atoms with Crippen LogP contribution in [0.15, 0.2) is 11.1 Å². The van der Waals surface area contributed by atoms with Crippen molar-refractivity contribution in [3.05, 3.63) is 22.8 Å². The van der Waals surface area contributed by atoms with E-state index in [0.717, 1.165) is 11.1 Å². The number of phenolic OH excluding ortho intramolecular Hbond substituents is 1. The number of ketones is 1. The summed E-state index contributed by atoms with van der Waals surface area (Å²) in [6.45, 7) is 12.3. The molecular weight excluding hydrogens is 238 g/mol. The highest BCUT2D eigenvalue weighted by Crippen LogP contribution is 2.46. The maximum Gasteiger partial charge on any atom is 0.206 e. The second kappa shape index (κ2) is 3.92. The van der Waals surface area contributed by atoms with Crippen molar-refractivity contribution in [1.29, 1.82) is 0 Å². The van der Waals surface area contributed by atoms with E-state index in [2.05, 4.69) is 25.8 Å². The number of Topliss-reactive ketones (excluding diaryl/α,β-unsaturated/α-hetero) is 1.